The second-order valence-electron chi connectivity index (χ2n) is 8.64. The molecule has 1 aromatic heterocycles. The van der Waals surface area contributed by atoms with Gasteiger partial charge in [0.15, 0.2) is 5.84 Å². The summed E-state index contributed by atoms with van der Waals surface area (Å²) in [6.07, 6.45) is 2.89. The van der Waals surface area contributed by atoms with Crippen molar-refractivity contribution >= 4 is 44.0 Å². The number of anilines is 2. The van der Waals surface area contributed by atoms with E-state index in [2.05, 4.69) is 15.0 Å². The van der Waals surface area contributed by atoms with Gasteiger partial charge in [-0.15, -0.1) is 4.40 Å². The monoisotopic (exact) mass is 499 g/mol. The van der Waals surface area contributed by atoms with Crippen LogP contribution in [0.5, 0.6) is 5.75 Å². The van der Waals surface area contributed by atoms with E-state index < -0.39 is 33.1 Å². The highest BCUT2D eigenvalue weighted by Gasteiger charge is 2.31. The lowest BCUT2D eigenvalue weighted by molar-refractivity contribution is -0.116. The maximum Gasteiger partial charge on any atom is 0.286 e. The van der Waals surface area contributed by atoms with Crippen molar-refractivity contribution in [1.82, 2.24) is 4.57 Å². The Balaban J connectivity index is 1.63. The average Bonchev–Trinajstić information content (AvgIpc) is 3.62. The molecule has 12 heteroatoms. The predicted octanol–water partition coefficient (Wildman–Crippen LogP) is 2.10. The zero-order valence-electron chi connectivity index (χ0n) is 18.4. The summed E-state index contributed by atoms with van der Waals surface area (Å²) < 4.78 is 45.2. The zero-order chi connectivity index (χ0) is 24.9. The largest absolute Gasteiger partial charge is 0.506 e. The molecular weight excluding hydrogens is 477 g/mol. The first-order chi connectivity index (χ1) is 16.6. The minimum absolute atomic E-state index is 0.0779. The molecule has 0 atom stereocenters. The lowest BCUT2D eigenvalue weighted by Crippen LogP contribution is -2.33. The number of benzene rings is 2. The lowest BCUT2D eigenvalue weighted by Gasteiger charge is -2.21. The maximum absolute atomic E-state index is 14.0. The van der Waals surface area contributed by atoms with E-state index in [1.165, 1.54) is 34.9 Å². The van der Waals surface area contributed by atoms with Crippen LogP contribution in [-0.4, -0.2) is 36.4 Å². The molecule has 2 aliphatic rings. The van der Waals surface area contributed by atoms with Gasteiger partial charge in [-0.25, -0.2) is 4.39 Å². The summed E-state index contributed by atoms with van der Waals surface area (Å²) in [6, 6.07) is 7.97. The molecule has 5 rings (SSSR count). The number of aromatic nitrogens is 1. The van der Waals surface area contributed by atoms with E-state index in [-0.39, 0.29) is 33.9 Å². The van der Waals surface area contributed by atoms with Gasteiger partial charge >= 0.3 is 0 Å². The second-order valence-corrected chi connectivity index (χ2v) is 10.2. The molecule has 1 fully saturated rings. The topological polar surface area (TPSA) is 156 Å². The number of halogens is 1. The molecule has 0 saturated heterocycles. The first-order valence-electron chi connectivity index (χ1n) is 11.0. The van der Waals surface area contributed by atoms with Crippen molar-refractivity contribution in [3.05, 3.63) is 58.1 Å². The summed E-state index contributed by atoms with van der Waals surface area (Å²) in [5.41, 5.74) is 4.93. The number of amidine groups is 1. The zero-order valence-corrected chi connectivity index (χ0v) is 19.2. The molecular formula is C23H22FN5O5S. The third-order valence-electron chi connectivity index (χ3n) is 6.09. The Morgan fingerprint density at radius 2 is 2.03 bits per heavy atom. The summed E-state index contributed by atoms with van der Waals surface area (Å²) >= 11 is 0. The summed E-state index contributed by atoms with van der Waals surface area (Å²) in [6.45, 7) is 0.146. The number of carbonyl (C=O) groups is 1. The smallest absolute Gasteiger partial charge is 0.286 e. The van der Waals surface area contributed by atoms with E-state index in [1.54, 1.807) is 0 Å². The number of hydrogen-bond donors (Lipinski definition) is 4. The number of amides is 1. The number of aryl methyl sites for hydroxylation is 1. The number of hydrogen-bond acceptors (Lipinski definition) is 7. The number of pyridine rings is 1. The van der Waals surface area contributed by atoms with Crippen LogP contribution >= 0.6 is 0 Å². The number of nitrogens with two attached hydrogens (primary N) is 1. The summed E-state index contributed by atoms with van der Waals surface area (Å²) in [4.78, 5) is 24.3. The van der Waals surface area contributed by atoms with E-state index >= 15 is 0 Å². The van der Waals surface area contributed by atoms with Gasteiger partial charge in [0.2, 0.25) is 5.91 Å². The Bertz CT molecular complexity index is 1580. The van der Waals surface area contributed by atoms with Crippen LogP contribution in [0.25, 0.3) is 10.9 Å². The van der Waals surface area contributed by atoms with E-state index in [1.807, 2.05) is 0 Å². The SMILES string of the molecule is NC(=O)CNc1ccc2c(c1)S(=O)(=O)N=C(c1c(O)c3cc(F)ccc3n(CCC3CC3)c1=O)N2. The van der Waals surface area contributed by atoms with E-state index in [0.717, 1.165) is 25.3 Å². The van der Waals surface area contributed by atoms with Gasteiger partial charge in [-0.1, -0.05) is 12.8 Å². The Hall–Kier alpha value is -3.93. The molecule has 1 saturated carbocycles. The first-order valence-corrected chi connectivity index (χ1v) is 12.4. The Labute approximate surface area is 199 Å². The van der Waals surface area contributed by atoms with Gasteiger partial charge in [0.25, 0.3) is 15.6 Å². The molecule has 2 heterocycles. The Kier molecular flexibility index (Phi) is 5.47. The van der Waals surface area contributed by atoms with Gasteiger partial charge < -0.3 is 26.0 Å². The fourth-order valence-electron chi connectivity index (χ4n) is 4.13. The maximum atomic E-state index is 14.0. The van der Waals surface area contributed by atoms with E-state index in [0.29, 0.717) is 23.7 Å². The minimum atomic E-state index is -4.29. The molecule has 5 N–H and O–H groups in total. The number of carbonyl (C=O) groups excluding carboxylic acids is 1. The van der Waals surface area contributed by atoms with Gasteiger partial charge in [0, 0.05) is 17.6 Å². The molecule has 35 heavy (non-hydrogen) atoms. The van der Waals surface area contributed by atoms with Crippen molar-refractivity contribution in [3.8, 4) is 5.75 Å². The highest BCUT2D eigenvalue weighted by Crippen LogP contribution is 2.35. The average molecular weight is 500 g/mol. The number of nitrogens with one attached hydrogen (secondary N) is 2. The molecule has 0 unspecified atom stereocenters. The molecule has 0 bridgehead atoms. The number of nitrogens with zero attached hydrogens (tertiary/aromatic N) is 2. The van der Waals surface area contributed by atoms with Crippen LogP contribution in [0.1, 0.15) is 24.8 Å². The van der Waals surface area contributed by atoms with Gasteiger partial charge in [0.05, 0.1) is 17.7 Å². The van der Waals surface area contributed by atoms with Crippen molar-refractivity contribution in [2.24, 2.45) is 16.0 Å². The summed E-state index contributed by atoms with van der Waals surface area (Å²) in [7, 11) is -4.29. The molecule has 1 aliphatic heterocycles. The van der Waals surface area contributed by atoms with Crippen LogP contribution in [0.4, 0.5) is 15.8 Å². The molecule has 0 radical (unpaired) electrons. The molecule has 1 amide bonds. The van der Waals surface area contributed by atoms with Crippen LogP contribution in [0, 0.1) is 11.7 Å². The van der Waals surface area contributed by atoms with Gasteiger partial charge in [-0.3, -0.25) is 9.59 Å². The van der Waals surface area contributed by atoms with Crippen molar-refractivity contribution in [2.75, 3.05) is 17.2 Å². The third-order valence-corrected chi connectivity index (χ3v) is 7.40. The highest BCUT2D eigenvalue weighted by molar-refractivity contribution is 7.90. The normalized spacial score (nSPS) is 16.3. The van der Waals surface area contributed by atoms with Crippen LogP contribution in [-0.2, 0) is 21.4 Å². The summed E-state index contributed by atoms with van der Waals surface area (Å²) in [5.74, 6) is -1.64. The molecule has 0 spiro atoms. The van der Waals surface area contributed by atoms with Gasteiger partial charge in [0.1, 0.15) is 22.0 Å². The van der Waals surface area contributed by atoms with Gasteiger partial charge in [-0.2, -0.15) is 8.42 Å². The number of sulfonamides is 1. The molecule has 182 valence electrons. The first kappa shape index (κ1) is 22.8. The van der Waals surface area contributed by atoms with E-state index in [4.69, 9.17) is 5.73 Å². The van der Waals surface area contributed by atoms with Crippen LogP contribution < -0.4 is 21.9 Å². The Morgan fingerprint density at radius 1 is 1.26 bits per heavy atom. The molecule has 2 aromatic carbocycles. The van der Waals surface area contributed by atoms with Crippen molar-refractivity contribution in [1.29, 1.82) is 0 Å². The highest BCUT2D eigenvalue weighted by atomic mass is 32.2. The number of rotatable bonds is 7. The van der Waals surface area contributed by atoms with Crippen LogP contribution in [0.15, 0.2) is 50.5 Å². The molecule has 3 aromatic rings. The van der Waals surface area contributed by atoms with Crippen molar-refractivity contribution < 1.29 is 22.7 Å². The molecule has 1 aliphatic carbocycles. The lowest BCUT2D eigenvalue weighted by atomic mass is 10.1. The number of fused-ring (bicyclic) bond motifs is 2. The van der Waals surface area contributed by atoms with E-state index in [9.17, 15) is 27.5 Å². The standard InChI is InChI=1S/C23H22FN5O5S/c24-13-3-6-17-15(9-13)21(31)20(23(32)29(17)8-7-12-1-2-12)22-27-16-5-4-14(26-11-19(25)30)10-18(16)35(33,34)28-22/h3-6,9-10,12,26,31H,1-2,7-8,11H2,(H2,25,30)(H,27,28). The van der Waals surface area contributed by atoms with Crippen molar-refractivity contribution in [3.63, 3.8) is 0 Å². The third kappa shape index (κ3) is 4.32. The minimum Gasteiger partial charge on any atom is -0.506 e. The molecule has 10 nitrogen and oxygen atoms in total. The number of primary amides is 1. The predicted molar refractivity (Wildman–Crippen MR) is 129 cm³/mol. The summed E-state index contributed by atoms with van der Waals surface area (Å²) in [5, 5.41) is 16.6. The van der Waals surface area contributed by atoms with Crippen LogP contribution in [0.3, 0.4) is 0 Å². The second kappa shape index (κ2) is 8.38. The fourth-order valence-corrected chi connectivity index (χ4v) is 5.28. The Morgan fingerprint density at radius 3 is 2.74 bits per heavy atom. The van der Waals surface area contributed by atoms with Crippen LogP contribution in [0.2, 0.25) is 0 Å². The van der Waals surface area contributed by atoms with Crippen molar-refractivity contribution in [2.45, 2.75) is 30.7 Å². The quantitative estimate of drug-likeness (QED) is 0.388. The number of aromatic hydroxyl groups is 1. The van der Waals surface area contributed by atoms with Gasteiger partial charge in [-0.05, 0) is 48.7 Å². The fraction of sp³-hybridized carbons (Fsp3) is 0.261.